The fraction of sp³-hybridized carbons (Fsp3) is 0.588. The van der Waals surface area contributed by atoms with Gasteiger partial charge in [-0.2, -0.15) is 0 Å². The number of hydrogen-bond acceptors (Lipinski definition) is 4. The minimum Gasteiger partial charge on any atom is -0.454 e. The van der Waals surface area contributed by atoms with Crippen LogP contribution >= 0.6 is 0 Å². The lowest BCUT2D eigenvalue weighted by atomic mass is 10.0. The van der Waals surface area contributed by atoms with Gasteiger partial charge in [-0.15, -0.1) is 0 Å². The first-order chi connectivity index (χ1) is 11.2. The molecule has 0 saturated carbocycles. The van der Waals surface area contributed by atoms with Crippen LogP contribution in [0.1, 0.15) is 32.6 Å². The van der Waals surface area contributed by atoms with Gasteiger partial charge in [0.1, 0.15) is 0 Å². The van der Waals surface area contributed by atoms with Crippen molar-refractivity contribution in [1.82, 2.24) is 10.2 Å². The quantitative estimate of drug-likeness (QED) is 0.819. The molecule has 0 bridgehead atoms. The molecule has 1 atom stereocenters. The first-order valence-electron chi connectivity index (χ1n) is 8.41. The molecule has 126 valence electrons. The highest BCUT2D eigenvalue weighted by Gasteiger charge is 2.17. The molecule has 2 amide bonds. The molecule has 2 aliphatic heterocycles. The van der Waals surface area contributed by atoms with Crippen LogP contribution in [0.2, 0.25) is 0 Å². The largest absolute Gasteiger partial charge is 0.454 e. The van der Waals surface area contributed by atoms with Crippen LogP contribution in [0, 0.1) is 0 Å². The maximum absolute atomic E-state index is 11.9. The Bertz CT molecular complexity index is 550. The van der Waals surface area contributed by atoms with Gasteiger partial charge in [-0.3, -0.25) is 0 Å². The number of likely N-dealkylation sites (tertiary alicyclic amines) is 1. The Labute approximate surface area is 137 Å². The molecule has 2 heterocycles. The number of nitrogens with zero attached hydrogens (tertiary/aromatic N) is 1. The molecule has 23 heavy (non-hydrogen) atoms. The maximum atomic E-state index is 11.9. The van der Waals surface area contributed by atoms with Crippen molar-refractivity contribution in [3.8, 4) is 11.5 Å². The van der Waals surface area contributed by atoms with E-state index < -0.39 is 0 Å². The fourth-order valence-corrected chi connectivity index (χ4v) is 3.12. The van der Waals surface area contributed by atoms with Gasteiger partial charge in [-0.1, -0.05) is 6.42 Å². The van der Waals surface area contributed by atoms with Crippen LogP contribution in [0.3, 0.4) is 0 Å². The van der Waals surface area contributed by atoms with Gasteiger partial charge in [0.05, 0.1) is 0 Å². The zero-order valence-electron chi connectivity index (χ0n) is 13.6. The molecule has 1 aromatic carbocycles. The Kier molecular flexibility index (Phi) is 5.23. The second kappa shape index (κ2) is 7.55. The summed E-state index contributed by atoms with van der Waals surface area (Å²) in [5.74, 6) is 1.38. The molecule has 1 saturated heterocycles. The summed E-state index contributed by atoms with van der Waals surface area (Å²) < 4.78 is 10.5. The molecule has 0 spiro atoms. The summed E-state index contributed by atoms with van der Waals surface area (Å²) in [6.07, 6.45) is 4.90. The molecular weight excluding hydrogens is 294 g/mol. The van der Waals surface area contributed by atoms with Gasteiger partial charge in [-0.25, -0.2) is 4.79 Å². The maximum Gasteiger partial charge on any atom is 0.319 e. The molecular formula is C17H25N3O3. The Morgan fingerprint density at radius 3 is 3.04 bits per heavy atom. The van der Waals surface area contributed by atoms with Crippen molar-refractivity contribution in [2.45, 2.75) is 38.6 Å². The number of benzene rings is 1. The predicted molar refractivity (Wildman–Crippen MR) is 89.1 cm³/mol. The number of piperidine rings is 1. The molecule has 6 nitrogen and oxygen atoms in total. The summed E-state index contributed by atoms with van der Waals surface area (Å²) >= 11 is 0. The van der Waals surface area contributed by atoms with Crippen LogP contribution in [-0.2, 0) is 0 Å². The third kappa shape index (κ3) is 4.28. The zero-order chi connectivity index (χ0) is 16.1. The fourth-order valence-electron chi connectivity index (χ4n) is 3.12. The van der Waals surface area contributed by atoms with Gasteiger partial charge >= 0.3 is 6.03 Å². The van der Waals surface area contributed by atoms with Crippen molar-refractivity contribution in [3.05, 3.63) is 18.2 Å². The number of rotatable bonds is 5. The van der Waals surface area contributed by atoms with Crippen molar-refractivity contribution in [2.75, 3.05) is 31.7 Å². The summed E-state index contributed by atoms with van der Waals surface area (Å²) in [5.41, 5.74) is 0.705. The van der Waals surface area contributed by atoms with Crippen LogP contribution in [0.15, 0.2) is 18.2 Å². The zero-order valence-corrected chi connectivity index (χ0v) is 13.6. The minimum absolute atomic E-state index is 0.185. The number of carbonyl (C=O) groups is 1. The van der Waals surface area contributed by atoms with E-state index in [0.29, 0.717) is 29.8 Å². The highest BCUT2D eigenvalue weighted by atomic mass is 16.7. The predicted octanol–water partition coefficient (Wildman–Crippen LogP) is 2.80. The monoisotopic (exact) mass is 319 g/mol. The van der Waals surface area contributed by atoms with E-state index in [-0.39, 0.29) is 12.8 Å². The topological polar surface area (TPSA) is 62.8 Å². The van der Waals surface area contributed by atoms with Gasteiger partial charge in [0.2, 0.25) is 6.79 Å². The number of hydrogen-bond donors (Lipinski definition) is 2. The van der Waals surface area contributed by atoms with Gasteiger partial charge < -0.3 is 25.0 Å². The van der Waals surface area contributed by atoms with E-state index >= 15 is 0 Å². The first-order valence-corrected chi connectivity index (χ1v) is 8.41. The van der Waals surface area contributed by atoms with Crippen LogP contribution in [0.25, 0.3) is 0 Å². The molecule has 2 N–H and O–H groups in total. The SMILES string of the molecule is CC1CCCCN1CCCNC(=O)Nc1ccc2c(c1)OCO2. The second-order valence-electron chi connectivity index (χ2n) is 6.18. The van der Waals surface area contributed by atoms with E-state index in [4.69, 9.17) is 9.47 Å². The molecule has 0 aromatic heterocycles. The average Bonchev–Trinajstić information content (AvgIpc) is 3.01. The lowest BCUT2D eigenvalue weighted by molar-refractivity contribution is 0.159. The second-order valence-corrected chi connectivity index (χ2v) is 6.18. The Balaban J connectivity index is 1.36. The molecule has 1 unspecified atom stereocenters. The van der Waals surface area contributed by atoms with Gasteiger partial charge in [0, 0.05) is 30.9 Å². The summed E-state index contributed by atoms with van der Waals surface area (Å²) in [5, 5.41) is 5.72. The van der Waals surface area contributed by atoms with Crippen LogP contribution < -0.4 is 20.1 Å². The normalized spacial score (nSPS) is 20.3. The highest BCUT2D eigenvalue weighted by molar-refractivity contribution is 5.89. The lowest BCUT2D eigenvalue weighted by Crippen LogP contribution is -2.39. The molecule has 2 aliphatic rings. The number of carbonyl (C=O) groups excluding carboxylic acids is 1. The van der Waals surface area contributed by atoms with Crippen LogP contribution in [-0.4, -0.2) is 43.4 Å². The van der Waals surface area contributed by atoms with E-state index in [0.717, 1.165) is 13.0 Å². The van der Waals surface area contributed by atoms with Crippen molar-refractivity contribution in [3.63, 3.8) is 0 Å². The number of urea groups is 1. The number of fused-ring (bicyclic) bond motifs is 1. The number of anilines is 1. The third-order valence-corrected chi connectivity index (χ3v) is 4.48. The summed E-state index contributed by atoms with van der Waals surface area (Å²) in [6.45, 7) is 5.44. The number of amides is 2. The van der Waals surface area contributed by atoms with E-state index in [2.05, 4.69) is 22.5 Å². The van der Waals surface area contributed by atoms with E-state index in [1.54, 1.807) is 12.1 Å². The van der Waals surface area contributed by atoms with E-state index in [1.165, 1.54) is 25.8 Å². The van der Waals surface area contributed by atoms with Gasteiger partial charge in [-0.05, 0) is 44.9 Å². The molecule has 1 fully saturated rings. The molecule has 0 aliphatic carbocycles. The van der Waals surface area contributed by atoms with Crippen molar-refractivity contribution >= 4 is 11.7 Å². The minimum atomic E-state index is -0.185. The highest BCUT2D eigenvalue weighted by Crippen LogP contribution is 2.34. The summed E-state index contributed by atoms with van der Waals surface area (Å²) in [6, 6.07) is 5.87. The molecule has 0 radical (unpaired) electrons. The van der Waals surface area contributed by atoms with Gasteiger partial charge in [0.15, 0.2) is 11.5 Å². The van der Waals surface area contributed by atoms with E-state index in [9.17, 15) is 4.79 Å². The average molecular weight is 319 g/mol. The number of nitrogens with one attached hydrogen (secondary N) is 2. The standard InChI is InChI=1S/C17H25N3O3/c1-13-5-2-3-9-20(13)10-4-8-18-17(21)19-14-6-7-15-16(11-14)23-12-22-15/h6-7,11,13H,2-5,8-10,12H2,1H3,(H2,18,19,21). The van der Waals surface area contributed by atoms with E-state index in [1.807, 2.05) is 6.07 Å². The van der Waals surface area contributed by atoms with Crippen LogP contribution in [0.5, 0.6) is 11.5 Å². The van der Waals surface area contributed by atoms with Gasteiger partial charge in [0.25, 0.3) is 0 Å². The van der Waals surface area contributed by atoms with Crippen molar-refractivity contribution in [1.29, 1.82) is 0 Å². The first kappa shape index (κ1) is 15.9. The smallest absolute Gasteiger partial charge is 0.319 e. The summed E-state index contributed by atoms with van der Waals surface area (Å²) in [4.78, 5) is 14.4. The molecule has 3 rings (SSSR count). The third-order valence-electron chi connectivity index (χ3n) is 4.48. The van der Waals surface area contributed by atoms with Crippen molar-refractivity contribution in [2.24, 2.45) is 0 Å². The van der Waals surface area contributed by atoms with Crippen molar-refractivity contribution < 1.29 is 14.3 Å². The Hall–Kier alpha value is -1.95. The van der Waals surface area contributed by atoms with Crippen LogP contribution in [0.4, 0.5) is 10.5 Å². The molecule has 1 aromatic rings. The Morgan fingerprint density at radius 2 is 2.17 bits per heavy atom. The summed E-state index contributed by atoms with van der Waals surface area (Å²) in [7, 11) is 0. The Morgan fingerprint density at radius 1 is 1.30 bits per heavy atom. The number of ether oxygens (including phenoxy) is 2. The molecule has 6 heteroatoms. The lowest BCUT2D eigenvalue weighted by Gasteiger charge is -2.33.